The van der Waals surface area contributed by atoms with Crippen molar-refractivity contribution in [2.75, 3.05) is 7.11 Å². The number of hydrogen-bond donors (Lipinski definition) is 1. The lowest BCUT2D eigenvalue weighted by Crippen LogP contribution is -2.24. The van der Waals surface area contributed by atoms with Gasteiger partial charge in [0.1, 0.15) is 11.6 Å². The first-order valence-electron chi connectivity index (χ1n) is 6.32. The second-order valence-corrected chi connectivity index (χ2v) is 5.35. The first-order valence-corrected chi connectivity index (χ1v) is 6.32. The molecule has 0 saturated heterocycles. The Morgan fingerprint density at radius 1 is 1.47 bits per heavy atom. The van der Waals surface area contributed by atoms with E-state index in [-0.39, 0.29) is 12.2 Å². The van der Waals surface area contributed by atoms with Gasteiger partial charge in [-0.3, -0.25) is 4.79 Å². The number of rotatable bonds is 5. The lowest BCUT2D eigenvalue weighted by molar-refractivity contribution is -0.138. The second-order valence-electron chi connectivity index (χ2n) is 5.35. The van der Waals surface area contributed by atoms with Crippen LogP contribution in [0.3, 0.4) is 0 Å². The van der Waals surface area contributed by atoms with Crippen molar-refractivity contribution < 1.29 is 19.0 Å². The minimum atomic E-state index is -0.896. The van der Waals surface area contributed by atoms with Crippen molar-refractivity contribution in [2.24, 2.45) is 0 Å². The minimum Gasteiger partial charge on any atom is -0.496 e. The average Bonchev–Trinajstić information content (AvgIpc) is 2.29. The van der Waals surface area contributed by atoms with Gasteiger partial charge in [-0.1, -0.05) is 20.8 Å². The SMILES string of the molecule is CCc1c(C(C)(C)CC(=O)O)cc(F)c(C)c1OC. The lowest BCUT2D eigenvalue weighted by atomic mass is 9.77. The highest BCUT2D eigenvalue weighted by atomic mass is 19.1. The molecule has 0 aromatic heterocycles. The molecule has 0 atom stereocenters. The van der Waals surface area contributed by atoms with Crippen LogP contribution < -0.4 is 4.74 Å². The van der Waals surface area contributed by atoms with E-state index in [4.69, 9.17) is 9.84 Å². The van der Waals surface area contributed by atoms with Crippen LogP contribution in [0.25, 0.3) is 0 Å². The highest BCUT2D eigenvalue weighted by Crippen LogP contribution is 2.38. The van der Waals surface area contributed by atoms with Crippen LogP contribution in [0.1, 0.15) is 43.9 Å². The van der Waals surface area contributed by atoms with Crippen molar-refractivity contribution in [3.63, 3.8) is 0 Å². The van der Waals surface area contributed by atoms with Crippen LogP contribution in [0, 0.1) is 12.7 Å². The molecular formula is C15H21FO3. The van der Waals surface area contributed by atoms with Gasteiger partial charge < -0.3 is 9.84 Å². The average molecular weight is 268 g/mol. The van der Waals surface area contributed by atoms with Crippen molar-refractivity contribution in [2.45, 2.75) is 46.0 Å². The molecule has 0 aliphatic carbocycles. The molecule has 4 heteroatoms. The molecule has 0 radical (unpaired) electrons. The predicted octanol–water partition coefficient (Wildman–Crippen LogP) is 3.46. The van der Waals surface area contributed by atoms with Gasteiger partial charge in [0.2, 0.25) is 0 Å². The van der Waals surface area contributed by atoms with E-state index in [0.717, 1.165) is 5.56 Å². The van der Waals surface area contributed by atoms with E-state index in [0.29, 0.717) is 23.3 Å². The lowest BCUT2D eigenvalue weighted by Gasteiger charge is -2.28. The molecule has 1 aromatic rings. The van der Waals surface area contributed by atoms with E-state index in [9.17, 15) is 9.18 Å². The highest BCUT2D eigenvalue weighted by molar-refractivity contribution is 5.69. The standard InChI is InChI=1S/C15H21FO3/c1-6-10-11(15(3,4)8-13(17)18)7-12(16)9(2)14(10)19-5/h7H,6,8H2,1-5H3,(H,17,18). The molecule has 1 rings (SSSR count). The van der Waals surface area contributed by atoms with E-state index >= 15 is 0 Å². The maximum Gasteiger partial charge on any atom is 0.304 e. The summed E-state index contributed by atoms with van der Waals surface area (Å²) in [5, 5.41) is 9.00. The summed E-state index contributed by atoms with van der Waals surface area (Å²) in [7, 11) is 1.51. The fourth-order valence-electron chi connectivity index (χ4n) is 2.48. The molecule has 0 bridgehead atoms. The Morgan fingerprint density at radius 2 is 2.05 bits per heavy atom. The molecule has 0 spiro atoms. The zero-order chi connectivity index (χ0) is 14.8. The molecule has 0 aliphatic heterocycles. The number of methoxy groups -OCH3 is 1. The van der Waals surface area contributed by atoms with Crippen molar-refractivity contribution in [3.8, 4) is 5.75 Å². The predicted molar refractivity (Wildman–Crippen MR) is 72.3 cm³/mol. The van der Waals surface area contributed by atoms with E-state index in [2.05, 4.69) is 0 Å². The monoisotopic (exact) mass is 268 g/mol. The van der Waals surface area contributed by atoms with Gasteiger partial charge in [-0.05, 0) is 30.5 Å². The van der Waals surface area contributed by atoms with E-state index < -0.39 is 11.4 Å². The van der Waals surface area contributed by atoms with Gasteiger partial charge in [0.05, 0.1) is 13.5 Å². The molecule has 0 unspecified atom stereocenters. The third-order valence-electron chi connectivity index (χ3n) is 3.45. The highest BCUT2D eigenvalue weighted by Gasteiger charge is 2.29. The maximum atomic E-state index is 14.0. The maximum absolute atomic E-state index is 14.0. The van der Waals surface area contributed by atoms with Crippen molar-refractivity contribution >= 4 is 5.97 Å². The van der Waals surface area contributed by atoms with Crippen LogP contribution in [0.5, 0.6) is 5.75 Å². The summed E-state index contributed by atoms with van der Waals surface area (Å²) in [6.07, 6.45) is 0.619. The summed E-state index contributed by atoms with van der Waals surface area (Å²) >= 11 is 0. The number of benzene rings is 1. The third-order valence-corrected chi connectivity index (χ3v) is 3.45. The van der Waals surface area contributed by atoms with Gasteiger partial charge in [-0.2, -0.15) is 0 Å². The summed E-state index contributed by atoms with van der Waals surface area (Å²) in [6.45, 7) is 7.24. The zero-order valence-corrected chi connectivity index (χ0v) is 12.1. The molecule has 1 N–H and O–H groups in total. The summed E-state index contributed by atoms with van der Waals surface area (Å²) in [6, 6.07) is 1.44. The van der Waals surface area contributed by atoms with E-state index in [1.54, 1.807) is 6.92 Å². The number of aliphatic carboxylic acids is 1. The van der Waals surface area contributed by atoms with E-state index in [1.807, 2.05) is 20.8 Å². The summed E-state index contributed by atoms with van der Waals surface area (Å²) < 4.78 is 19.3. The molecule has 0 aliphatic rings. The van der Waals surface area contributed by atoms with E-state index in [1.165, 1.54) is 13.2 Å². The molecular weight excluding hydrogens is 247 g/mol. The number of carboxylic acid groups (broad SMARTS) is 1. The first kappa shape index (κ1) is 15.5. The quantitative estimate of drug-likeness (QED) is 0.889. The summed E-state index contributed by atoms with van der Waals surface area (Å²) in [5.74, 6) is -0.731. The number of halogens is 1. The second kappa shape index (κ2) is 5.59. The van der Waals surface area contributed by atoms with Crippen molar-refractivity contribution in [1.82, 2.24) is 0 Å². The van der Waals surface area contributed by atoms with Crippen LogP contribution in [0.15, 0.2) is 6.07 Å². The molecule has 0 fully saturated rings. The number of carboxylic acids is 1. The molecule has 0 saturated carbocycles. The van der Waals surface area contributed by atoms with Crippen LogP contribution in [-0.2, 0) is 16.6 Å². The minimum absolute atomic E-state index is 0.0499. The van der Waals surface area contributed by atoms with Gasteiger partial charge in [0.25, 0.3) is 0 Å². The molecule has 0 heterocycles. The van der Waals surface area contributed by atoms with Crippen LogP contribution in [-0.4, -0.2) is 18.2 Å². The van der Waals surface area contributed by atoms with Gasteiger partial charge in [0.15, 0.2) is 0 Å². The van der Waals surface area contributed by atoms with Gasteiger partial charge in [-0.25, -0.2) is 4.39 Å². The molecule has 0 amide bonds. The number of hydrogen-bond acceptors (Lipinski definition) is 2. The molecule has 19 heavy (non-hydrogen) atoms. The Bertz CT molecular complexity index is 493. The summed E-state index contributed by atoms with van der Waals surface area (Å²) in [4.78, 5) is 11.0. The Morgan fingerprint density at radius 3 is 2.47 bits per heavy atom. The van der Waals surface area contributed by atoms with Gasteiger partial charge in [-0.15, -0.1) is 0 Å². The Hall–Kier alpha value is -1.58. The van der Waals surface area contributed by atoms with Gasteiger partial charge >= 0.3 is 5.97 Å². The topological polar surface area (TPSA) is 46.5 Å². The third kappa shape index (κ3) is 3.06. The normalized spacial score (nSPS) is 11.5. The molecule has 1 aromatic carbocycles. The fourth-order valence-corrected chi connectivity index (χ4v) is 2.48. The Balaban J connectivity index is 3.50. The zero-order valence-electron chi connectivity index (χ0n) is 12.1. The molecule has 106 valence electrons. The fraction of sp³-hybridized carbons (Fsp3) is 0.533. The van der Waals surface area contributed by atoms with Crippen molar-refractivity contribution in [3.05, 3.63) is 28.6 Å². The summed E-state index contributed by atoms with van der Waals surface area (Å²) in [5.41, 5.74) is 1.41. The van der Waals surface area contributed by atoms with Crippen molar-refractivity contribution in [1.29, 1.82) is 0 Å². The number of carbonyl (C=O) groups is 1. The smallest absolute Gasteiger partial charge is 0.304 e. The Kier molecular flexibility index (Phi) is 4.56. The molecule has 3 nitrogen and oxygen atoms in total. The van der Waals surface area contributed by atoms with Gasteiger partial charge in [0, 0.05) is 11.0 Å². The van der Waals surface area contributed by atoms with Crippen LogP contribution in [0.2, 0.25) is 0 Å². The van der Waals surface area contributed by atoms with Crippen LogP contribution >= 0.6 is 0 Å². The Labute approximate surface area is 113 Å². The first-order chi connectivity index (χ1) is 8.74. The number of ether oxygens (including phenoxy) is 1. The van der Waals surface area contributed by atoms with Crippen LogP contribution in [0.4, 0.5) is 4.39 Å². The largest absolute Gasteiger partial charge is 0.496 e.